The number of esters is 1. The maximum atomic E-state index is 11.2. The molecule has 1 saturated carbocycles. The number of methoxy groups -OCH3 is 1. The van der Waals surface area contributed by atoms with Gasteiger partial charge in [0.05, 0.1) is 7.11 Å². The Labute approximate surface area is 97.4 Å². The number of rotatable bonds is 7. The molecule has 0 aliphatic heterocycles. The fraction of sp³-hybridized carbons (Fsp3) is 0.917. The lowest BCUT2D eigenvalue weighted by Gasteiger charge is -2.22. The number of hydrogen-bond acceptors (Lipinski definition) is 4. The first-order valence-corrected chi connectivity index (χ1v) is 5.97. The van der Waals surface area contributed by atoms with E-state index in [0.717, 1.165) is 6.54 Å². The van der Waals surface area contributed by atoms with E-state index < -0.39 is 11.6 Å². The average Bonchev–Trinajstić information content (AvgIpc) is 2.97. The van der Waals surface area contributed by atoms with Crippen molar-refractivity contribution in [1.29, 1.82) is 0 Å². The first-order valence-electron chi connectivity index (χ1n) is 5.97. The first kappa shape index (κ1) is 13.5. The molecule has 0 saturated heterocycles. The lowest BCUT2D eigenvalue weighted by atomic mass is 10.00. The summed E-state index contributed by atoms with van der Waals surface area (Å²) in [6.45, 7) is 4.80. The second kappa shape index (κ2) is 5.15. The molecule has 2 N–H and O–H groups in total. The average molecular weight is 229 g/mol. The van der Waals surface area contributed by atoms with Crippen molar-refractivity contribution in [2.75, 3.05) is 20.2 Å². The van der Waals surface area contributed by atoms with Crippen LogP contribution >= 0.6 is 0 Å². The summed E-state index contributed by atoms with van der Waals surface area (Å²) in [5.41, 5.74) is -0.988. The van der Waals surface area contributed by atoms with Crippen LogP contribution in [0.4, 0.5) is 0 Å². The standard InChI is InChI=1S/C12H23NO3/c1-4-5-12(6-7-12)9-13-8-11(2,15)10(14)16-3/h13,15H,4-9H2,1-3H3. The van der Waals surface area contributed by atoms with E-state index >= 15 is 0 Å². The second-order valence-electron chi connectivity index (χ2n) is 5.12. The topological polar surface area (TPSA) is 58.6 Å². The van der Waals surface area contributed by atoms with Gasteiger partial charge in [-0.15, -0.1) is 0 Å². The summed E-state index contributed by atoms with van der Waals surface area (Å²) in [5.74, 6) is -0.583. The number of aliphatic hydroxyl groups is 1. The van der Waals surface area contributed by atoms with Crippen molar-refractivity contribution in [3.8, 4) is 0 Å². The minimum absolute atomic E-state index is 0.255. The molecule has 1 fully saturated rings. The minimum Gasteiger partial charge on any atom is -0.467 e. The van der Waals surface area contributed by atoms with Crippen molar-refractivity contribution in [3.05, 3.63) is 0 Å². The third-order valence-corrected chi connectivity index (χ3v) is 3.33. The van der Waals surface area contributed by atoms with Crippen molar-refractivity contribution in [1.82, 2.24) is 5.32 Å². The summed E-state index contributed by atoms with van der Waals surface area (Å²) in [6, 6.07) is 0. The largest absolute Gasteiger partial charge is 0.467 e. The number of hydrogen-bond donors (Lipinski definition) is 2. The molecule has 0 spiro atoms. The summed E-state index contributed by atoms with van der Waals surface area (Å²) in [7, 11) is 1.29. The van der Waals surface area contributed by atoms with Crippen molar-refractivity contribution in [2.45, 2.75) is 45.1 Å². The predicted molar refractivity (Wildman–Crippen MR) is 62.1 cm³/mol. The number of ether oxygens (including phenoxy) is 1. The summed E-state index contributed by atoms with van der Waals surface area (Å²) >= 11 is 0. The molecular formula is C12H23NO3. The minimum atomic E-state index is -1.42. The molecule has 1 atom stereocenters. The Kier molecular flexibility index (Phi) is 4.33. The fourth-order valence-corrected chi connectivity index (χ4v) is 2.09. The van der Waals surface area contributed by atoms with Gasteiger partial charge in [-0.25, -0.2) is 4.79 Å². The Morgan fingerprint density at radius 3 is 2.62 bits per heavy atom. The third kappa shape index (κ3) is 3.46. The predicted octanol–water partition coefficient (Wildman–Crippen LogP) is 1.08. The van der Waals surface area contributed by atoms with Crippen molar-refractivity contribution >= 4 is 5.97 Å². The SMILES string of the molecule is CCCC1(CNCC(C)(O)C(=O)OC)CC1. The third-order valence-electron chi connectivity index (χ3n) is 3.33. The van der Waals surface area contributed by atoms with E-state index in [2.05, 4.69) is 17.0 Å². The van der Waals surface area contributed by atoms with Crippen LogP contribution in [0.3, 0.4) is 0 Å². The van der Waals surface area contributed by atoms with Gasteiger partial charge >= 0.3 is 5.97 Å². The molecule has 0 aromatic rings. The van der Waals surface area contributed by atoms with Crippen LogP contribution in [0.15, 0.2) is 0 Å². The zero-order chi connectivity index (χ0) is 12.2. The van der Waals surface area contributed by atoms with Crippen LogP contribution in [0.1, 0.15) is 39.5 Å². The maximum absolute atomic E-state index is 11.2. The molecule has 1 unspecified atom stereocenters. The van der Waals surface area contributed by atoms with Gasteiger partial charge in [0.1, 0.15) is 0 Å². The Balaban J connectivity index is 2.27. The highest BCUT2D eigenvalue weighted by Gasteiger charge is 2.41. The number of carbonyl (C=O) groups is 1. The van der Waals surface area contributed by atoms with Crippen molar-refractivity contribution in [2.24, 2.45) is 5.41 Å². The normalized spacial score (nSPS) is 21.2. The highest BCUT2D eigenvalue weighted by Crippen LogP contribution is 2.48. The van der Waals surface area contributed by atoms with Crippen LogP contribution < -0.4 is 5.32 Å². The molecule has 94 valence electrons. The molecule has 0 radical (unpaired) electrons. The molecule has 1 aliphatic rings. The Morgan fingerprint density at radius 2 is 2.19 bits per heavy atom. The molecular weight excluding hydrogens is 206 g/mol. The zero-order valence-corrected chi connectivity index (χ0v) is 10.5. The molecule has 0 aromatic carbocycles. The lowest BCUT2D eigenvalue weighted by molar-refractivity contribution is -0.159. The van der Waals surface area contributed by atoms with Crippen molar-refractivity contribution < 1.29 is 14.6 Å². The van der Waals surface area contributed by atoms with Crippen molar-refractivity contribution in [3.63, 3.8) is 0 Å². The van der Waals surface area contributed by atoms with Crippen LogP contribution in [0.2, 0.25) is 0 Å². The first-order chi connectivity index (χ1) is 7.46. The van der Waals surface area contributed by atoms with Gasteiger partial charge in [-0.3, -0.25) is 0 Å². The quantitative estimate of drug-likeness (QED) is 0.641. The van der Waals surface area contributed by atoms with Gasteiger partial charge < -0.3 is 15.2 Å². The summed E-state index contributed by atoms with van der Waals surface area (Å²) in [5, 5.41) is 13.0. The van der Waals surface area contributed by atoms with Gasteiger partial charge in [0, 0.05) is 13.1 Å². The van der Waals surface area contributed by atoms with Gasteiger partial charge in [-0.1, -0.05) is 13.3 Å². The Bertz CT molecular complexity index is 247. The van der Waals surface area contributed by atoms with Crippen LogP contribution in [0, 0.1) is 5.41 Å². The molecule has 0 heterocycles. The summed E-state index contributed by atoms with van der Waals surface area (Å²) in [6.07, 6.45) is 4.93. The van der Waals surface area contributed by atoms with Crippen LogP contribution in [0.5, 0.6) is 0 Å². The second-order valence-corrected chi connectivity index (χ2v) is 5.12. The van der Waals surface area contributed by atoms with Crippen LogP contribution in [-0.2, 0) is 9.53 Å². The van der Waals surface area contributed by atoms with Gasteiger partial charge in [-0.2, -0.15) is 0 Å². The van der Waals surface area contributed by atoms with E-state index in [-0.39, 0.29) is 6.54 Å². The van der Waals surface area contributed by atoms with Gasteiger partial charge in [0.25, 0.3) is 0 Å². The molecule has 1 aliphatic carbocycles. The molecule has 0 bridgehead atoms. The van der Waals surface area contributed by atoms with Gasteiger partial charge in [-0.05, 0) is 31.6 Å². The fourth-order valence-electron chi connectivity index (χ4n) is 2.09. The lowest BCUT2D eigenvalue weighted by Crippen LogP contribution is -2.46. The Morgan fingerprint density at radius 1 is 1.56 bits per heavy atom. The van der Waals surface area contributed by atoms with E-state index in [1.807, 2.05) is 0 Å². The summed E-state index contributed by atoms with van der Waals surface area (Å²) in [4.78, 5) is 11.2. The van der Waals surface area contributed by atoms with Gasteiger partial charge in [0.15, 0.2) is 5.60 Å². The molecule has 4 nitrogen and oxygen atoms in total. The van der Waals surface area contributed by atoms with E-state index in [9.17, 15) is 9.90 Å². The molecule has 0 amide bonds. The molecule has 16 heavy (non-hydrogen) atoms. The van der Waals surface area contributed by atoms with E-state index in [4.69, 9.17) is 0 Å². The molecule has 1 rings (SSSR count). The highest BCUT2D eigenvalue weighted by molar-refractivity contribution is 5.78. The smallest absolute Gasteiger partial charge is 0.338 e. The van der Waals surface area contributed by atoms with Crippen LogP contribution in [-0.4, -0.2) is 36.9 Å². The Hall–Kier alpha value is -0.610. The van der Waals surface area contributed by atoms with E-state index in [1.165, 1.54) is 39.7 Å². The highest BCUT2D eigenvalue weighted by atomic mass is 16.5. The van der Waals surface area contributed by atoms with Gasteiger partial charge in [0.2, 0.25) is 0 Å². The number of carbonyl (C=O) groups excluding carboxylic acids is 1. The summed E-state index contributed by atoms with van der Waals surface area (Å²) < 4.78 is 4.53. The van der Waals surface area contributed by atoms with E-state index in [1.54, 1.807) is 0 Å². The van der Waals surface area contributed by atoms with E-state index in [0.29, 0.717) is 5.41 Å². The molecule has 4 heteroatoms. The van der Waals surface area contributed by atoms with Crippen LogP contribution in [0.25, 0.3) is 0 Å². The molecule has 0 aromatic heterocycles. The zero-order valence-electron chi connectivity index (χ0n) is 10.5. The number of nitrogens with one attached hydrogen (secondary N) is 1. The maximum Gasteiger partial charge on any atom is 0.338 e. The monoisotopic (exact) mass is 229 g/mol.